The Morgan fingerprint density at radius 3 is 2.30 bits per heavy atom. The van der Waals surface area contributed by atoms with Crippen LogP contribution in [0.1, 0.15) is 16.7 Å². The normalized spacial score (nSPS) is 13.8. The third-order valence-corrected chi connectivity index (χ3v) is 3.24. The molecule has 0 radical (unpaired) electrons. The van der Waals surface area contributed by atoms with Gasteiger partial charge in [-0.05, 0) is 11.6 Å². The minimum Gasteiger partial charge on any atom is -0.372 e. The van der Waals surface area contributed by atoms with E-state index in [0.717, 1.165) is 6.07 Å². The number of carbonyl (C=O) groups is 1. The van der Waals surface area contributed by atoms with Crippen LogP contribution in [0.2, 0.25) is 0 Å². The number of benzene rings is 2. The van der Waals surface area contributed by atoms with Crippen molar-refractivity contribution >= 4 is 5.91 Å². The molecule has 0 aliphatic heterocycles. The van der Waals surface area contributed by atoms with Crippen LogP contribution in [0.4, 0.5) is 4.39 Å². The first-order valence-electron chi connectivity index (χ1n) is 6.07. The van der Waals surface area contributed by atoms with Crippen molar-refractivity contribution in [2.45, 2.75) is 12.1 Å². The third-order valence-electron chi connectivity index (χ3n) is 3.24. The van der Waals surface area contributed by atoms with Crippen molar-refractivity contribution in [2.75, 3.05) is 0 Å². The summed E-state index contributed by atoms with van der Waals surface area (Å²) in [5.74, 6) is -1.55. The molecule has 0 bridgehead atoms. The fraction of sp³-hybridized carbons (Fsp3) is 0.133. The van der Waals surface area contributed by atoms with Crippen molar-refractivity contribution in [3.05, 3.63) is 71.0 Å². The van der Waals surface area contributed by atoms with E-state index in [9.17, 15) is 14.3 Å². The Labute approximate surface area is 115 Å². The summed E-state index contributed by atoms with van der Waals surface area (Å²) in [7, 11) is 0. The molecule has 4 nitrogen and oxygen atoms in total. The maximum atomic E-state index is 13.8. The zero-order valence-corrected chi connectivity index (χ0v) is 10.7. The minimum absolute atomic E-state index is 0.0342. The predicted octanol–water partition coefficient (Wildman–Crippen LogP) is 1.01. The van der Waals surface area contributed by atoms with Crippen molar-refractivity contribution in [1.29, 1.82) is 0 Å². The predicted molar refractivity (Wildman–Crippen MR) is 72.9 cm³/mol. The second-order valence-corrected chi connectivity index (χ2v) is 4.45. The Balaban J connectivity index is 2.60. The Morgan fingerprint density at radius 1 is 1.15 bits per heavy atom. The molecule has 1 amide bonds. The van der Waals surface area contributed by atoms with Gasteiger partial charge in [0.1, 0.15) is 5.82 Å². The lowest BCUT2D eigenvalue weighted by Crippen LogP contribution is -2.42. The van der Waals surface area contributed by atoms with Crippen LogP contribution in [0, 0.1) is 5.82 Å². The molecule has 1 atom stereocenters. The van der Waals surface area contributed by atoms with Gasteiger partial charge in [-0.25, -0.2) is 4.39 Å². The van der Waals surface area contributed by atoms with Gasteiger partial charge < -0.3 is 16.6 Å². The van der Waals surface area contributed by atoms with Crippen LogP contribution in [-0.2, 0) is 16.9 Å². The molecule has 20 heavy (non-hydrogen) atoms. The lowest BCUT2D eigenvalue weighted by atomic mass is 9.85. The molecule has 0 aliphatic carbocycles. The summed E-state index contributed by atoms with van der Waals surface area (Å²) in [5, 5.41) is 10.6. The second-order valence-electron chi connectivity index (χ2n) is 4.45. The summed E-state index contributed by atoms with van der Waals surface area (Å²) in [6.07, 6.45) is 0. The molecule has 0 spiro atoms. The van der Waals surface area contributed by atoms with Crippen molar-refractivity contribution in [3.8, 4) is 0 Å². The Bertz CT molecular complexity index is 631. The van der Waals surface area contributed by atoms with Crippen molar-refractivity contribution in [2.24, 2.45) is 11.5 Å². The molecule has 104 valence electrons. The number of carbonyl (C=O) groups excluding carboxylic acids is 1. The van der Waals surface area contributed by atoms with Crippen LogP contribution >= 0.6 is 0 Å². The van der Waals surface area contributed by atoms with E-state index in [2.05, 4.69) is 0 Å². The molecule has 0 heterocycles. The average Bonchev–Trinajstić information content (AvgIpc) is 2.47. The number of rotatable bonds is 4. The van der Waals surface area contributed by atoms with Crippen LogP contribution in [0.15, 0.2) is 48.5 Å². The highest BCUT2D eigenvalue weighted by atomic mass is 19.1. The van der Waals surface area contributed by atoms with Gasteiger partial charge in [-0.1, -0.05) is 42.5 Å². The molecular formula is C15H15FN2O2. The van der Waals surface area contributed by atoms with Gasteiger partial charge in [-0.3, -0.25) is 4.79 Å². The van der Waals surface area contributed by atoms with E-state index in [0.29, 0.717) is 5.56 Å². The first-order chi connectivity index (χ1) is 9.50. The molecule has 5 heteroatoms. The molecule has 2 aromatic rings. The number of aliphatic hydroxyl groups is 1. The second kappa shape index (κ2) is 5.40. The maximum absolute atomic E-state index is 13.8. The number of hydrogen-bond donors (Lipinski definition) is 3. The fourth-order valence-corrected chi connectivity index (χ4v) is 2.07. The Morgan fingerprint density at radius 2 is 1.80 bits per heavy atom. The van der Waals surface area contributed by atoms with Crippen molar-refractivity contribution < 1.29 is 14.3 Å². The van der Waals surface area contributed by atoms with Crippen molar-refractivity contribution in [3.63, 3.8) is 0 Å². The van der Waals surface area contributed by atoms with E-state index in [1.807, 2.05) is 0 Å². The minimum atomic E-state index is -2.07. The lowest BCUT2D eigenvalue weighted by molar-refractivity contribution is -0.133. The standard InChI is InChI=1S/C15H15FN2O2/c16-13-8-12(7-6-10(13)9-17)15(20,14(18)19)11-4-2-1-3-5-11/h1-8,20H,9,17H2,(H2,18,19). The van der Waals surface area contributed by atoms with Crippen LogP contribution in [0.3, 0.4) is 0 Å². The van der Waals surface area contributed by atoms with Crippen LogP contribution in [-0.4, -0.2) is 11.0 Å². The van der Waals surface area contributed by atoms with Gasteiger partial charge in [-0.2, -0.15) is 0 Å². The highest BCUT2D eigenvalue weighted by Gasteiger charge is 2.38. The first kappa shape index (κ1) is 14.2. The summed E-state index contributed by atoms with van der Waals surface area (Å²) in [4.78, 5) is 11.7. The van der Waals surface area contributed by atoms with Gasteiger partial charge in [0.05, 0.1) is 0 Å². The van der Waals surface area contributed by atoms with E-state index in [4.69, 9.17) is 11.5 Å². The molecule has 0 fully saturated rings. The largest absolute Gasteiger partial charge is 0.372 e. The van der Waals surface area contributed by atoms with Gasteiger partial charge in [0.15, 0.2) is 5.60 Å². The van der Waals surface area contributed by atoms with Gasteiger partial charge in [-0.15, -0.1) is 0 Å². The summed E-state index contributed by atoms with van der Waals surface area (Å²) in [5.41, 5.74) is 9.29. The lowest BCUT2D eigenvalue weighted by Gasteiger charge is -2.26. The van der Waals surface area contributed by atoms with E-state index >= 15 is 0 Å². The van der Waals surface area contributed by atoms with Crippen molar-refractivity contribution in [1.82, 2.24) is 0 Å². The van der Waals surface area contributed by atoms with Crippen LogP contribution in [0.5, 0.6) is 0 Å². The molecule has 5 N–H and O–H groups in total. The zero-order valence-electron chi connectivity index (χ0n) is 10.7. The smallest absolute Gasteiger partial charge is 0.258 e. The molecule has 2 rings (SSSR count). The number of hydrogen-bond acceptors (Lipinski definition) is 3. The molecule has 1 unspecified atom stereocenters. The summed E-state index contributed by atoms with van der Waals surface area (Å²) in [6.45, 7) is 0.0342. The van der Waals surface area contributed by atoms with Gasteiger partial charge >= 0.3 is 0 Å². The van der Waals surface area contributed by atoms with Gasteiger partial charge in [0, 0.05) is 17.7 Å². The quantitative estimate of drug-likeness (QED) is 0.777. The van der Waals surface area contributed by atoms with E-state index in [1.165, 1.54) is 12.1 Å². The Hall–Kier alpha value is -2.24. The first-order valence-corrected chi connectivity index (χ1v) is 6.07. The number of amides is 1. The monoisotopic (exact) mass is 274 g/mol. The highest BCUT2D eigenvalue weighted by Crippen LogP contribution is 2.30. The summed E-state index contributed by atoms with van der Waals surface area (Å²) >= 11 is 0. The molecule has 0 saturated carbocycles. The van der Waals surface area contributed by atoms with E-state index < -0.39 is 17.3 Å². The summed E-state index contributed by atoms with van der Waals surface area (Å²) in [6, 6.07) is 12.1. The van der Waals surface area contributed by atoms with Gasteiger partial charge in [0.25, 0.3) is 5.91 Å². The summed E-state index contributed by atoms with van der Waals surface area (Å²) < 4.78 is 13.8. The molecule has 0 aliphatic rings. The SMILES string of the molecule is NCc1ccc(C(O)(C(N)=O)c2ccccc2)cc1F. The maximum Gasteiger partial charge on any atom is 0.258 e. The Kier molecular flexibility index (Phi) is 3.83. The van der Waals surface area contributed by atoms with Crippen LogP contribution < -0.4 is 11.5 Å². The topological polar surface area (TPSA) is 89.3 Å². The number of nitrogens with two attached hydrogens (primary N) is 2. The average molecular weight is 274 g/mol. The highest BCUT2D eigenvalue weighted by molar-refractivity contribution is 5.88. The molecule has 0 aromatic heterocycles. The number of primary amides is 1. The third kappa shape index (κ3) is 2.29. The number of halogens is 1. The van der Waals surface area contributed by atoms with Crippen LogP contribution in [0.25, 0.3) is 0 Å². The van der Waals surface area contributed by atoms with E-state index in [1.54, 1.807) is 30.3 Å². The molecule has 0 saturated heterocycles. The van der Waals surface area contributed by atoms with E-state index in [-0.39, 0.29) is 17.7 Å². The zero-order chi connectivity index (χ0) is 14.8. The fourth-order valence-electron chi connectivity index (χ4n) is 2.07. The molecular weight excluding hydrogens is 259 g/mol. The van der Waals surface area contributed by atoms with Gasteiger partial charge in [0.2, 0.25) is 0 Å². The molecule has 2 aromatic carbocycles.